The molecule has 1 heterocycles. The number of carbonyl (C=O) groups is 2. The predicted octanol–water partition coefficient (Wildman–Crippen LogP) is -2.68. The summed E-state index contributed by atoms with van der Waals surface area (Å²) in [4.78, 5) is 23.1. The Labute approximate surface area is 96.6 Å². The summed E-state index contributed by atoms with van der Waals surface area (Å²) in [5.74, 6) is 0. The van der Waals surface area contributed by atoms with Gasteiger partial charge in [0.2, 0.25) is 0 Å². The minimum atomic E-state index is -0.886. The molecule has 0 aromatic rings. The topological polar surface area (TPSA) is 152 Å². The molecule has 9 nitrogen and oxygen atoms in total. The Balaban J connectivity index is 2.56. The number of primary amides is 1. The summed E-state index contributed by atoms with van der Waals surface area (Å²) in [7, 11) is 0. The molecule has 0 aromatic heterocycles. The number of hydrogen-bond acceptors (Lipinski definition) is 5. The molecule has 0 spiro atoms. The van der Waals surface area contributed by atoms with Crippen LogP contribution < -0.4 is 33.4 Å². The predicted molar refractivity (Wildman–Crippen MR) is 56.7 cm³/mol. The fourth-order valence-corrected chi connectivity index (χ4v) is 1.51. The van der Waals surface area contributed by atoms with Crippen LogP contribution in [0.4, 0.5) is 9.59 Å². The molecule has 0 saturated carbocycles. The molecule has 0 aliphatic carbocycles. The summed E-state index contributed by atoms with van der Waals surface area (Å²) >= 11 is 5.89. The van der Waals surface area contributed by atoms with E-state index < -0.39 is 29.9 Å². The Morgan fingerprint density at radius 3 is 2.56 bits per heavy atom. The van der Waals surface area contributed by atoms with Gasteiger partial charge < -0.3 is 22.1 Å². The summed E-state index contributed by atoms with van der Waals surface area (Å²) in [6.45, 7) is 0.161. The first-order valence-electron chi connectivity index (χ1n) is 4.45. The van der Waals surface area contributed by atoms with Crippen molar-refractivity contribution in [2.45, 2.75) is 17.8 Å². The van der Waals surface area contributed by atoms with Gasteiger partial charge in [-0.3, -0.25) is 5.32 Å². The standard InChI is InChI=1S/C6H14ClN7O2/c7-3-4(9)11-2(8)1-14(3)6(16)13-12-5(10)15/h2-4,11H,1,8-9H2,(H,13,16)(H3,10,12,15). The molecule has 0 radical (unpaired) electrons. The van der Waals surface area contributed by atoms with Crippen LogP contribution in [0.15, 0.2) is 0 Å². The van der Waals surface area contributed by atoms with E-state index in [0.717, 1.165) is 0 Å². The zero-order valence-electron chi connectivity index (χ0n) is 8.31. The maximum absolute atomic E-state index is 11.5. The first-order valence-corrected chi connectivity index (χ1v) is 4.89. The summed E-state index contributed by atoms with van der Waals surface area (Å²) in [6, 6.07) is -1.52. The molecule has 9 N–H and O–H groups in total. The molecular weight excluding hydrogens is 238 g/mol. The highest BCUT2D eigenvalue weighted by molar-refractivity contribution is 6.21. The number of amides is 4. The lowest BCUT2D eigenvalue weighted by molar-refractivity contribution is 0.142. The van der Waals surface area contributed by atoms with Gasteiger partial charge in [-0.2, -0.15) is 0 Å². The van der Waals surface area contributed by atoms with Crippen LogP contribution in [-0.2, 0) is 0 Å². The molecule has 1 aliphatic rings. The fraction of sp³-hybridized carbons (Fsp3) is 0.667. The van der Waals surface area contributed by atoms with Gasteiger partial charge in [0.05, 0.1) is 18.9 Å². The van der Waals surface area contributed by atoms with E-state index in [1.54, 1.807) is 0 Å². The second-order valence-corrected chi connectivity index (χ2v) is 3.69. The molecule has 1 aliphatic heterocycles. The van der Waals surface area contributed by atoms with Gasteiger partial charge in [0.25, 0.3) is 0 Å². The molecule has 3 atom stereocenters. The van der Waals surface area contributed by atoms with E-state index in [0.29, 0.717) is 0 Å². The normalized spacial score (nSPS) is 29.7. The van der Waals surface area contributed by atoms with Crippen LogP contribution in [-0.4, -0.2) is 41.3 Å². The van der Waals surface area contributed by atoms with Crippen LogP contribution in [0.5, 0.6) is 0 Å². The first-order chi connectivity index (χ1) is 7.41. The maximum Gasteiger partial charge on any atom is 0.337 e. The van der Waals surface area contributed by atoms with Gasteiger partial charge in [-0.25, -0.2) is 20.4 Å². The highest BCUT2D eigenvalue weighted by atomic mass is 35.5. The Morgan fingerprint density at radius 1 is 1.38 bits per heavy atom. The van der Waals surface area contributed by atoms with Gasteiger partial charge in [-0.05, 0) is 0 Å². The number of nitrogens with one attached hydrogen (secondary N) is 3. The molecule has 1 rings (SSSR count). The van der Waals surface area contributed by atoms with E-state index in [2.05, 4.69) is 10.7 Å². The van der Waals surface area contributed by atoms with Crippen molar-refractivity contribution in [1.82, 2.24) is 21.1 Å². The largest absolute Gasteiger partial charge is 0.350 e. The minimum absolute atomic E-state index is 0.161. The maximum atomic E-state index is 11.5. The average Bonchev–Trinajstić information content (AvgIpc) is 2.19. The van der Waals surface area contributed by atoms with Crippen molar-refractivity contribution < 1.29 is 9.59 Å². The van der Waals surface area contributed by atoms with Crippen molar-refractivity contribution in [1.29, 1.82) is 0 Å². The van der Waals surface area contributed by atoms with Crippen molar-refractivity contribution in [3.63, 3.8) is 0 Å². The van der Waals surface area contributed by atoms with E-state index in [1.165, 1.54) is 4.90 Å². The molecule has 1 saturated heterocycles. The third-order valence-corrected chi connectivity index (χ3v) is 2.45. The van der Waals surface area contributed by atoms with E-state index in [9.17, 15) is 9.59 Å². The number of halogens is 1. The molecule has 92 valence electrons. The van der Waals surface area contributed by atoms with Crippen molar-refractivity contribution >= 4 is 23.7 Å². The van der Waals surface area contributed by atoms with Gasteiger partial charge in [0.1, 0.15) is 5.50 Å². The highest BCUT2D eigenvalue weighted by Crippen LogP contribution is 2.12. The number of piperazine rings is 1. The molecule has 0 bridgehead atoms. The lowest BCUT2D eigenvalue weighted by Gasteiger charge is -2.39. The van der Waals surface area contributed by atoms with Gasteiger partial charge >= 0.3 is 12.1 Å². The van der Waals surface area contributed by atoms with Gasteiger partial charge in [-0.15, -0.1) is 0 Å². The zero-order chi connectivity index (χ0) is 12.3. The number of urea groups is 2. The lowest BCUT2D eigenvalue weighted by Crippen LogP contribution is -2.69. The monoisotopic (exact) mass is 251 g/mol. The number of nitrogens with zero attached hydrogens (tertiary/aromatic N) is 1. The van der Waals surface area contributed by atoms with E-state index in [4.69, 9.17) is 28.8 Å². The zero-order valence-corrected chi connectivity index (χ0v) is 9.07. The quantitative estimate of drug-likeness (QED) is 0.157. The summed E-state index contributed by atoms with van der Waals surface area (Å²) in [6.07, 6.45) is -1.13. The van der Waals surface area contributed by atoms with Gasteiger partial charge in [0.15, 0.2) is 0 Å². The van der Waals surface area contributed by atoms with E-state index >= 15 is 0 Å². The molecular formula is C6H14ClN7O2. The number of hydrazine groups is 1. The van der Waals surface area contributed by atoms with Crippen molar-refractivity contribution in [2.75, 3.05) is 6.54 Å². The van der Waals surface area contributed by atoms with Crippen molar-refractivity contribution in [3.05, 3.63) is 0 Å². The molecule has 0 aromatic carbocycles. The van der Waals surface area contributed by atoms with Crippen LogP contribution in [0, 0.1) is 0 Å². The Hall–Kier alpha value is -1.29. The minimum Gasteiger partial charge on any atom is -0.350 e. The number of rotatable bonds is 0. The fourth-order valence-electron chi connectivity index (χ4n) is 1.27. The van der Waals surface area contributed by atoms with Crippen molar-refractivity contribution in [2.24, 2.45) is 17.2 Å². The number of hydrogen-bond donors (Lipinski definition) is 6. The Bertz CT molecular complexity index is 288. The van der Waals surface area contributed by atoms with Crippen LogP contribution in [0.2, 0.25) is 0 Å². The van der Waals surface area contributed by atoms with Crippen LogP contribution in [0.25, 0.3) is 0 Å². The summed E-state index contributed by atoms with van der Waals surface area (Å²) in [5, 5.41) is 2.77. The highest BCUT2D eigenvalue weighted by Gasteiger charge is 2.33. The van der Waals surface area contributed by atoms with E-state index in [1.807, 2.05) is 5.43 Å². The first kappa shape index (κ1) is 12.8. The van der Waals surface area contributed by atoms with Crippen LogP contribution in [0.1, 0.15) is 0 Å². The number of alkyl halides is 1. The third-order valence-electron chi connectivity index (χ3n) is 1.95. The Kier molecular flexibility index (Phi) is 4.12. The molecule has 4 amide bonds. The van der Waals surface area contributed by atoms with Gasteiger partial charge in [-0.1, -0.05) is 11.6 Å². The van der Waals surface area contributed by atoms with Gasteiger partial charge in [0, 0.05) is 0 Å². The number of carbonyl (C=O) groups excluding carboxylic acids is 2. The second kappa shape index (κ2) is 5.16. The SMILES string of the molecule is NC(=O)NNC(=O)N1CC(N)NC(N)C1Cl. The second-order valence-electron chi connectivity index (χ2n) is 3.24. The third kappa shape index (κ3) is 3.10. The van der Waals surface area contributed by atoms with Crippen LogP contribution >= 0.6 is 11.6 Å². The lowest BCUT2D eigenvalue weighted by atomic mass is 10.3. The average molecular weight is 252 g/mol. The van der Waals surface area contributed by atoms with E-state index in [-0.39, 0.29) is 6.54 Å². The Morgan fingerprint density at radius 2 is 2.00 bits per heavy atom. The van der Waals surface area contributed by atoms with Crippen molar-refractivity contribution in [3.8, 4) is 0 Å². The number of nitrogens with two attached hydrogens (primary N) is 3. The van der Waals surface area contributed by atoms with Crippen LogP contribution in [0.3, 0.4) is 0 Å². The molecule has 16 heavy (non-hydrogen) atoms. The molecule has 10 heteroatoms. The summed E-state index contributed by atoms with van der Waals surface area (Å²) < 4.78 is 0. The molecule has 3 unspecified atom stereocenters. The molecule has 1 fully saturated rings. The smallest absolute Gasteiger partial charge is 0.337 e. The summed E-state index contributed by atoms with van der Waals surface area (Å²) in [5.41, 5.74) is 19.2.